The lowest BCUT2D eigenvalue weighted by Crippen LogP contribution is -2.28. The van der Waals surface area contributed by atoms with Gasteiger partial charge in [-0.1, -0.05) is 13.8 Å². The topological polar surface area (TPSA) is 68.2 Å². The maximum Gasteiger partial charge on any atom is 0.267 e. The first-order valence-corrected chi connectivity index (χ1v) is 9.07. The van der Waals surface area contributed by atoms with Crippen molar-refractivity contribution >= 4 is 25.6 Å². The second-order valence-electron chi connectivity index (χ2n) is 5.38. The van der Waals surface area contributed by atoms with Crippen LogP contribution in [0.25, 0.3) is 0 Å². The van der Waals surface area contributed by atoms with Crippen molar-refractivity contribution in [3.05, 3.63) is 18.0 Å². The second-order valence-corrected chi connectivity index (χ2v) is 7.94. The van der Waals surface area contributed by atoms with Crippen LogP contribution in [0.3, 0.4) is 0 Å². The van der Waals surface area contributed by atoms with Gasteiger partial charge in [0.05, 0.1) is 0 Å². The van der Waals surface area contributed by atoms with E-state index in [0.29, 0.717) is 30.6 Å². The number of carbonyl (C=O) groups excluding carboxylic acids is 1. The molecule has 1 aromatic heterocycles. The summed E-state index contributed by atoms with van der Waals surface area (Å²) in [5.74, 6) is 0.963. The summed E-state index contributed by atoms with van der Waals surface area (Å²) in [7, 11) is 1.52. The van der Waals surface area contributed by atoms with Gasteiger partial charge >= 0.3 is 0 Å². The van der Waals surface area contributed by atoms with E-state index < -0.39 is 9.05 Å². The highest BCUT2D eigenvalue weighted by atomic mass is 35.7. The van der Waals surface area contributed by atoms with Gasteiger partial charge in [0.1, 0.15) is 10.6 Å². The van der Waals surface area contributed by atoms with E-state index in [1.807, 2.05) is 6.92 Å². The van der Waals surface area contributed by atoms with Crippen molar-refractivity contribution in [1.82, 2.24) is 9.88 Å². The van der Waals surface area contributed by atoms with Crippen LogP contribution in [-0.4, -0.2) is 25.4 Å². The van der Waals surface area contributed by atoms with Gasteiger partial charge in [0.25, 0.3) is 15.0 Å². The second kappa shape index (κ2) is 5.77. The van der Waals surface area contributed by atoms with Crippen molar-refractivity contribution in [2.75, 3.05) is 6.54 Å². The number of amides is 1. The molecule has 2 unspecified atom stereocenters. The van der Waals surface area contributed by atoms with Crippen molar-refractivity contribution < 1.29 is 13.2 Å². The van der Waals surface area contributed by atoms with Gasteiger partial charge < -0.3 is 9.88 Å². The highest BCUT2D eigenvalue weighted by Crippen LogP contribution is 2.36. The molecule has 7 heteroatoms. The normalized spacial score (nSPS) is 21.8. The molecule has 0 aliphatic heterocycles. The Morgan fingerprint density at radius 3 is 2.70 bits per heavy atom. The molecule has 1 fully saturated rings. The summed E-state index contributed by atoms with van der Waals surface area (Å²) in [6.45, 7) is 5.33. The van der Waals surface area contributed by atoms with Crippen molar-refractivity contribution in [2.24, 2.45) is 11.8 Å². The summed E-state index contributed by atoms with van der Waals surface area (Å²) >= 11 is 0. The van der Waals surface area contributed by atoms with Crippen LogP contribution in [-0.2, 0) is 15.6 Å². The largest absolute Gasteiger partial charge is 0.350 e. The lowest BCUT2D eigenvalue weighted by atomic mass is 10.3. The predicted octanol–water partition coefficient (Wildman–Crippen LogP) is 2.21. The number of nitrogens with one attached hydrogen (secondary N) is 1. The molecule has 2 rings (SSSR count). The molecule has 1 heterocycles. The van der Waals surface area contributed by atoms with E-state index in [9.17, 15) is 13.2 Å². The summed E-state index contributed by atoms with van der Waals surface area (Å²) in [5, 5.41) is 2.86. The van der Waals surface area contributed by atoms with E-state index in [2.05, 4.69) is 12.2 Å². The molecular weight excluding hydrogens is 300 g/mol. The van der Waals surface area contributed by atoms with Crippen LogP contribution in [0.1, 0.15) is 37.2 Å². The lowest BCUT2D eigenvalue weighted by Gasteiger charge is -2.08. The van der Waals surface area contributed by atoms with Gasteiger partial charge in [0, 0.05) is 30.0 Å². The molecule has 0 saturated heterocycles. The van der Waals surface area contributed by atoms with E-state index >= 15 is 0 Å². The number of hydrogen-bond donors (Lipinski definition) is 1. The van der Waals surface area contributed by atoms with Gasteiger partial charge in [-0.3, -0.25) is 4.79 Å². The predicted molar refractivity (Wildman–Crippen MR) is 77.4 cm³/mol. The third-order valence-electron chi connectivity index (χ3n) is 3.65. The van der Waals surface area contributed by atoms with Crippen LogP contribution in [0.5, 0.6) is 0 Å². The monoisotopic (exact) mass is 318 g/mol. The molecule has 20 heavy (non-hydrogen) atoms. The molecule has 1 saturated carbocycles. The fraction of sp³-hybridized carbons (Fsp3) is 0.615. The van der Waals surface area contributed by atoms with E-state index in [0.717, 1.165) is 12.8 Å². The number of rotatable bonds is 6. The molecule has 0 spiro atoms. The zero-order valence-corrected chi connectivity index (χ0v) is 13.2. The first kappa shape index (κ1) is 15.4. The van der Waals surface area contributed by atoms with Crippen LogP contribution in [0.2, 0.25) is 0 Å². The van der Waals surface area contributed by atoms with Crippen LogP contribution in [0.4, 0.5) is 0 Å². The summed E-state index contributed by atoms with van der Waals surface area (Å²) in [6, 6.07) is 1.34. The average Bonchev–Trinajstić information content (AvgIpc) is 2.87. The Bertz CT molecular complexity index is 609. The van der Waals surface area contributed by atoms with E-state index in [4.69, 9.17) is 10.7 Å². The average molecular weight is 319 g/mol. The van der Waals surface area contributed by atoms with Gasteiger partial charge in [0.15, 0.2) is 0 Å². The molecule has 112 valence electrons. The number of hydrogen-bond acceptors (Lipinski definition) is 3. The van der Waals surface area contributed by atoms with Gasteiger partial charge in [-0.05, 0) is 30.7 Å². The number of nitrogens with zero attached hydrogens (tertiary/aromatic N) is 1. The molecule has 1 aromatic rings. The zero-order valence-electron chi connectivity index (χ0n) is 11.6. The maximum absolute atomic E-state index is 12.1. The Morgan fingerprint density at radius 2 is 2.20 bits per heavy atom. The Morgan fingerprint density at radius 1 is 1.55 bits per heavy atom. The molecule has 0 radical (unpaired) electrons. The fourth-order valence-electron chi connectivity index (χ4n) is 2.23. The molecule has 0 bridgehead atoms. The Kier molecular flexibility index (Phi) is 4.44. The van der Waals surface area contributed by atoms with Crippen molar-refractivity contribution in [1.29, 1.82) is 0 Å². The van der Waals surface area contributed by atoms with Gasteiger partial charge in [-0.15, -0.1) is 0 Å². The molecule has 1 amide bonds. The number of carbonyl (C=O) groups is 1. The van der Waals surface area contributed by atoms with Crippen LogP contribution < -0.4 is 5.32 Å². The molecule has 0 aromatic carbocycles. The minimum absolute atomic E-state index is 0.0300. The van der Waals surface area contributed by atoms with Gasteiger partial charge in [0.2, 0.25) is 0 Å². The van der Waals surface area contributed by atoms with E-state index in [1.54, 1.807) is 4.57 Å². The molecule has 1 aliphatic rings. The number of halogens is 1. The van der Waals surface area contributed by atoms with Crippen molar-refractivity contribution in [3.8, 4) is 0 Å². The Balaban J connectivity index is 2.15. The Labute approximate surface area is 123 Å². The van der Waals surface area contributed by atoms with E-state index in [1.165, 1.54) is 12.3 Å². The fourth-order valence-corrected chi connectivity index (χ4v) is 2.99. The summed E-state index contributed by atoms with van der Waals surface area (Å²) in [6.07, 6.45) is 3.36. The van der Waals surface area contributed by atoms with Crippen LogP contribution in [0.15, 0.2) is 17.2 Å². The standard InChI is InChI=1S/C13H19ClN2O3S/c1-3-4-16-8-11(20(14,18)19)6-12(16)13(17)15-7-10-5-9(10)2/h6,8-10H,3-5,7H2,1-2H3,(H,15,17). The first-order chi connectivity index (χ1) is 9.32. The van der Waals surface area contributed by atoms with Crippen molar-refractivity contribution in [3.63, 3.8) is 0 Å². The first-order valence-electron chi connectivity index (χ1n) is 6.76. The molecule has 5 nitrogen and oxygen atoms in total. The summed E-state index contributed by atoms with van der Waals surface area (Å²) in [4.78, 5) is 12.1. The summed E-state index contributed by atoms with van der Waals surface area (Å²) < 4.78 is 24.4. The molecule has 1 aliphatic carbocycles. The SMILES string of the molecule is CCCn1cc(S(=O)(=O)Cl)cc1C(=O)NCC1CC1C. The lowest BCUT2D eigenvalue weighted by molar-refractivity contribution is 0.0942. The third kappa shape index (κ3) is 3.55. The minimum Gasteiger partial charge on any atom is -0.350 e. The minimum atomic E-state index is -3.81. The number of aryl methyl sites for hydroxylation is 1. The van der Waals surface area contributed by atoms with Gasteiger partial charge in [-0.2, -0.15) is 0 Å². The van der Waals surface area contributed by atoms with Crippen LogP contribution in [0, 0.1) is 11.8 Å². The molecular formula is C13H19ClN2O3S. The molecule has 2 atom stereocenters. The van der Waals surface area contributed by atoms with Crippen LogP contribution >= 0.6 is 10.7 Å². The molecule has 1 N–H and O–H groups in total. The highest BCUT2D eigenvalue weighted by molar-refractivity contribution is 8.13. The third-order valence-corrected chi connectivity index (χ3v) is 4.97. The quantitative estimate of drug-likeness (QED) is 0.818. The smallest absolute Gasteiger partial charge is 0.267 e. The Hall–Kier alpha value is -1.01. The summed E-state index contributed by atoms with van der Waals surface area (Å²) in [5.41, 5.74) is 0.347. The maximum atomic E-state index is 12.1. The van der Waals surface area contributed by atoms with Crippen molar-refractivity contribution in [2.45, 2.75) is 38.1 Å². The number of aromatic nitrogens is 1. The van der Waals surface area contributed by atoms with E-state index in [-0.39, 0.29) is 10.8 Å². The van der Waals surface area contributed by atoms with Gasteiger partial charge in [-0.25, -0.2) is 8.42 Å². The highest BCUT2D eigenvalue weighted by Gasteiger charge is 2.32. The zero-order chi connectivity index (χ0) is 14.9.